The van der Waals surface area contributed by atoms with Gasteiger partial charge in [0.1, 0.15) is 6.29 Å². The first kappa shape index (κ1) is 14.3. The zero-order valence-electron chi connectivity index (χ0n) is 10.4. The van der Waals surface area contributed by atoms with Crippen molar-refractivity contribution >= 4 is 43.8 Å². The van der Waals surface area contributed by atoms with Crippen LogP contribution in [-0.4, -0.2) is 13.3 Å². The summed E-state index contributed by atoms with van der Waals surface area (Å²) in [4.78, 5) is 12.9. The summed E-state index contributed by atoms with van der Waals surface area (Å²) in [6.45, 7) is 0.792. The summed E-state index contributed by atoms with van der Waals surface area (Å²) in [6.07, 6.45) is 0.850. The van der Waals surface area contributed by atoms with Crippen LogP contribution in [0.5, 0.6) is 0 Å². The van der Waals surface area contributed by atoms with Gasteiger partial charge < -0.3 is 4.90 Å². The molecule has 0 aromatic heterocycles. The van der Waals surface area contributed by atoms with Gasteiger partial charge in [-0.2, -0.15) is 0 Å². The van der Waals surface area contributed by atoms with Crippen molar-refractivity contribution < 1.29 is 4.79 Å². The third-order valence-electron chi connectivity index (χ3n) is 2.88. The lowest BCUT2D eigenvalue weighted by Crippen LogP contribution is -2.17. The molecule has 0 aliphatic rings. The Morgan fingerprint density at radius 3 is 2.47 bits per heavy atom. The predicted molar refractivity (Wildman–Crippen MR) is 85.8 cm³/mol. The molecule has 2 rings (SSSR count). The van der Waals surface area contributed by atoms with Crippen molar-refractivity contribution in [2.75, 3.05) is 11.9 Å². The van der Waals surface area contributed by atoms with Crippen LogP contribution in [0.25, 0.3) is 0 Å². The maximum atomic E-state index is 10.7. The van der Waals surface area contributed by atoms with E-state index in [1.807, 2.05) is 43.4 Å². The largest absolute Gasteiger partial charge is 0.369 e. The fourth-order valence-electron chi connectivity index (χ4n) is 1.87. The second kappa shape index (κ2) is 6.35. The third-order valence-corrected chi connectivity index (χ3v) is 4.29. The maximum Gasteiger partial charge on any atom is 0.150 e. The molecule has 0 amide bonds. The number of anilines is 1. The second-order valence-corrected chi connectivity index (χ2v) is 5.98. The first-order chi connectivity index (χ1) is 9.11. The molecule has 0 unspecified atom stereocenters. The van der Waals surface area contributed by atoms with E-state index in [-0.39, 0.29) is 0 Å². The minimum Gasteiger partial charge on any atom is -0.369 e. The lowest BCUT2D eigenvalue weighted by atomic mass is 10.2. The van der Waals surface area contributed by atoms with E-state index in [0.717, 1.165) is 27.5 Å². The first-order valence-electron chi connectivity index (χ1n) is 5.81. The fraction of sp³-hybridized carbons (Fsp3) is 0.133. The third kappa shape index (κ3) is 3.45. The smallest absolute Gasteiger partial charge is 0.150 e. The summed E-state index contributed by atoms with van der Waals surface area (Å²) in [7, 11) is 2.03. The SMILES string of the molecule is CN(Cc1ccccc1Br)c1ccc(C=O)cc1Br. The molecule has 0 aliphatic heterocycles. The maximum absolute atomic E-state index is 10.7. The monoisotopic (exact) mass is 381 g/mol. The number of aldehydes is 1. The predicted octanol–water partition coefficient (Wildman–Crippen LogP) is 4.66. The highest BCUT2D eigenvalue weighted by atomic mass is 79.9. The van der Waals surface area contributed by atoms with E-state index in [0.29, 0.717) is 5.56 Å². The molecule has 19 heavy (non-hydrogen) atoms. The molecule has 0 spiro atoms. The molecule has 0 aliphatic carbocycles. The van der Waals surface area contributed by atoms with Gasteiger partial charge in [-0.15, -0.1) is 0 Å². The highest BCUT2D eigenvalue weighted by molar-refractivity contribution is 9.11. The Hall–Kier alpha value is -1.13. The molecule has 0 atom stereocenters. The number of hydrogen-bond donors (Lipinski definition) is 0. The van der Waals surface area contributed by atoms with Gasteiger partial charge in [-0.1, -0.05) is 34.1 Å². The average Bonchev–Trinajstić information content (AvgIpc) is 2.41. The first-order valence-corrected chi connectivity index (χ1v) is 7.39. The Labute approximate surface area is 129 Å². The highest BCUT2D eigenvalue weighted by Crippen LogP contribution is 2.28. The van der Waals surface area contributed by atoms with Gasteiger partial charge in [-0.25, -0.2) is 0 Å². The number of halogens is 2. The van der Waals surface area contributed by atoms with E-state index >= 15 is 0 Å². The molecule has 0 heterocycles. The van der Waals surface area contributed by atoms with Crippen LogP contribution in [0, 0.1) is 0 Å². The Morgan fingerprint density at radius 2 is 1.84 bits per heavy atom. The Balaban J connectivity index is 2.23. The van der Waals surface area contributed by atoms with Gasteiger partial charge in [0.15, 0.2) is 0 Å². The van der Waals surface area contributed by atoms with Crippen molar-refractivity contribution in [2.24, 2.45) is 0 Å². The number of nitrogens with zero attached hydrogens (tertiary/aromatic N) is 1. The van der Waals surface area contributed by atoms with Crippen LogP contribution >= 0.6 is 31.9 Å². The van der Waals surface area contributed by atoms with Gasteiger partial charge in [-0.3, -0.25) is 4.79 Å². The van der Waals surface area contributed by atoms with Crippen LogP contribution in [0.15, 0.2) is 51.4 Å². The zero-order valence-corrected chi connectivity index (χ0v) is 13.6. The Kier molecular flexibility index (Phi) is 4.77. The van der Waals surface area contributed by atoms with E-state index in [9.17, 15) is 4.79 Å². The van der Waals surface area contributed by atoms with Crippen LogP contribution in [0.1, 0.15) is 15.9 Å². The number of carbonyl (C=O) groups excluding carboxylic acids is 1. The summed E-state index contributed by atoms with van der Waals surface area (Å²) in [5.41, 5.74) is 2.95. The molecular formula is C15H13Br2NO. The van der Waals surface area contributed by atoms with Crippen molar-refractivity contribution in [3.63, 3.8) is 0 Å². The topological polar surface area (TPSA) is 20.3 Å². The van der Waals surface area contributed by atoms with Gasteiger partial charge in [0, 0.05) is 28.1 Å². The molecule has 98 valence electrons. The molecule has 2 nitrogen and oxygen atoms in total. The molecular weight excluding hydrogens is 370 g/mol. The van der Waals surface area contributed by atoms with Crippen molar-refractivity contribution in [3.8, 4) is 0 Å². The minimum atomic E-state index is 0.671. The van der Waals surface area contributed by atoms with Crippen molar-refractivity contribution in [2.45, 2.75) is 6.54 Å². The molecule has 0 N–H and O–H groups in total. The van der Waals surface area contributed by atoms with E-state index in [1.54, 1.807) is 0 Å². The lowest BCUT2D eigenvalue weighted by molar-refractivity contribution is 0.112. The van der Waals surface area contributed by atoms with E-state index < -0.39 is 0 Å². The van der Waals surface area contributed by atoms with Crippen molar-refractivity contribution in [1.29, 1.82) is 0 Å². The summed E-state index contributed by atoms with van der Waals surface area (Å²) in [5, 5.41) is 0. The van der Waals surface area contributed by atoms with E-state index in [1.165, 1.54) is 5.56 Å². The summed E-state index contributed by atoms with van der Waals surface area (Å²) < 4.78 is 2.02. The Morgan fingerprint density at radius 1 is 1.11 bits per heavy atom. The number of carbonyl (C=O) groups is 1. The minimum absolute atomic E-state index is 0.671. The van der Waals surface area contributed by atoms with Gasteiger partial charge in [0.25, 0.3) is 0 Å². The molecule has 2 aromatic rings. The summed E-state index contributed by atoms with van der Waals surface area (Å²) in [5.74, 6) is 0. The van der Waals surface area contributed by atoms with Crippen molar-refractivity contribution in [3.05, 3.63) is 62.5 Å². The van der Waals surface area contributed by atoms with Crippen LogP contribution < -0.4 is 4.90 Å². The summed E-state index contributed by atoms with van der Waals surface area (Å²) >= 11 is 7.06. The standard InChI is InChI=1S/C15H13Br2NO/c1-18(9-12-4-2-3-5-13(12)16)15-7-6-11(10-19)8-14(15)17/h2-8,10H,9H2,1H3. The van der Waals surface area contributed by atoms with Gasteiger partial charge in [-0.05, 0) is 45.8 Å². The van der Waals surface area contributed by atoms with Crippen LogP contribution in [0.4, 0.5) is 5.69 Å². The highest BCUT2D eigenvalue weighted by Gasteiger charge is 2.08. The van der Waals surface area contributed by atoms with Gasteiger partial charge in [0.05, 0.1) is 5.69 Å². The number of hydrogen-bond acceptors (Lipinski definition) is 2. The number of rotatable bonds is 4. The van der Waals surface area contributed by atoms with Crippen LogP contribution in [0.3, 0.4) is 0 Å². The molecule has 0 bridgehead atoms. The fourth-order valence-corrected chi connectivity index (χ4v) is 2.98. The number of benzene rings is 2. The second-order valence-electron chi connectivity index (χ2n) is 4.28. The van der Waals surface area contributed by atoms with E-state index in [4.69, 9.17) is 0 Å². The summed E-state index contributed by atoms with van der Waals surface area (Å²) in [6, 6.07) is 13.8. The lowest BCUT2D eigenvalue weighted by Gasteiger charge is -2.21. The molecule has 0 saturated carbocycles. The average molecular weight is 383 g/mol. The van der Waals surface area contributed by atoms with Gasteiger partial charge >= 0.3 is 0 Å². The van der Waals surface area contributed by atoms with Crippen molar-refractivity contribution in [1.82, 2.24) is 0 Å². The zero-order chi connectivity index (χ0) is 13.8. The normalized spacial score (nSPS) is 10.3. The molecule has 4 heteroatoms. The molecule has 0 fully saturated rings. The quantitative estimate of drug-likeness (QED) is 0.716. The molecule has 2 aromatic carbocycles. The molecule has 0 saturated heterocycles. The van der Waals surface area contributed by atoms with Crippen LogP contribution in [-0.2, 0) is 6.54 Å². The molecule has 0 radical (unpaired) electrons. The Bertz CT molecular complexity index is 598. The van der Waals surface area contributed by atoms with Crippen LogP contribution in [0.2, 0.25) is 0 Å². The van der Waals surface area contributed by atoms with E-state index in [2.05, 4.69) is 42.8 Å². The van der Waals surface area contributed by atoms with Gasteiger partial charge in [0.2, 0.25) is 0 Å².